The highest BCUT2D eigenvalue weighted by molar-refractivity contribution is 6.30. The van der Waals surface area contributed by atoms with E-state index in [9.17, 15) is 0 Å². The van der Waals surface area contributed by atoms with E-state index in [0.29, 0.717) is 0 Å². The van der Waals surface area contributed by atoms with Crippen LogP contribution in [0.5, 0.6) is 0 Å². The first-order valence-electron chi connectivity index (χ1n) is 6.38. The van der Waals surface area contributed by atoms with E-state index in [1.54, 1.807) is 0 Å². The van der Waals surface area contributed by atoms with Gasteiger partial charge in [-0.15, -0.1) is 0 Å². The fourth-order valence-electron chi connectivity index (χ4n) is 2.53. The Bertz CT molecular complexity index is 348. The highest BCUT2D eigenvalue weighted by atomic mass is 35.5. The highest BCUT2D eigenvalue weighted by Crippen LogP contribution is 2.15. The molecule has 1 atom stereocenters. The van der Waals surface area contributed by atoms with Gasteiger partial charge in [0.2, 0.25) is 0 Å². The van der Waals surface area contributed by atoms with Crippen molar-refractivity contribution in [2.45, 2.75) is 19.4 Å². The minimum Gasteiger partial charge on any atom is -0.316 e. The van der Waals surface area contributed by atoms with Gasteiger partial charge in [-0.2, -0.15) is 0 Å². The fraction of sp³-hybridized carbons (Fsp3) is 0.571. The molecule has 0 saturated carbocycles. The molecule has 1 N–H and O–H groups in total. The molecule has 0 amide bonds. The maximum absolute atomic E-state index is 5.99. The molecule has 94 valence electrons. The molecule has 1 aromatic rings. The Hall–Kier alpha value is -0.570. The van der Waals surface area contributed by atoms with Crippen LogP contribution in [0.1, 0.15) is 18.4 Å². The minimum atomic E-state index is 0.799. The average Bonchev–Trinajstić information content (AvgIpc) is 2.30. The summed E-state index contributed by atoms with van der Waals surface area (Å²) >= 11 is 5.99. The second-order valence-electron chi connectivity index (χ2n) is 5.04. The molecule has 0 radical (unpaired) electrons. The molecule has 1 heterocycles. The zero-order chi connectivity index (χ0) is 12.1. The van der Waals surface area contributed by atoms with E-state index in [0.717, 1.165) is 17.5 Å². The number of nitrogens with zero attached hydrogens (tertiary/aromatic N) is 1. The molecule has 0 aromatic heterocycles. The first-order valence-corrected chi connectivity index (χ1v) is 6.75. The van der Waals surface area contributed by atoms with E-state index >= 15 is 0 Å². The summed E-state index contributed by atoms with van der Waals surface area (Å²) in [6.45, 7) is 4.50. The molecule has 2 rings (SSSR count). The van der Waals surface area contributed by atoms with Crippen LogP contribution in [-0.2, 0) is 6.54 Å². The van der Waals surface area contributed by atoms with Gasteiger partial charge in [-0.1, -0.05) is 23.7 Å². The number of benzene rings is 1. The summed E-state index contributed by atoms with van der Waals surface area (Å²) in [4.78, 5) is 2.39. The van der Waals surface area contributed by atoms with Gasteiger partial charge < -0.3 is 10.2 Å². The van der Waals surface area contributed by atoms with Crippen LogP contribution >= 0.6 is 11.6 Å². The van der Waals surface area contributed by atoms with Crippen molar-refractivity contribution in [3.05, 3.63) is 34.9 Å². The monoisotopic (exact) mass is 252 g/mol. The van der Waals surface area contributed by atoms with Crippen LogP contribution in [-0.4, -0.2) is 31.6 Å². The van der Waals surface area contributed by atoms with Crippen LogP contribution in [0.15, 0.2) is 24.3 Å². The van der Waals surface area contributed by atoms with Gasteiger partial charge in [0.15, 0.2) is 0 Å². The van der Waals surface area contributed by atoms with Crippen LogP contribution in [0, 0.1) is 5.92 Å². The van der Waals surface area contributed by atoms with Gasteiger partial charge in [-0.05, 0) is 56.6 Å². The van der Waals surface area contributed by atoms with Crippen LogP contribution in [0.25, 0.3) is 0 Å². The summed E-state index contributed by atoms with van der Waals surface area (Å²) in [5.41, 5.74) is 1.30. The maximum atomic E-state index is 5.99. The first-order chi connectivity index (χ1) is 8.24. The lowest BCUT2D eigenvalue weighted by atomic mass is 9.99. The SMILES string of the molecule is CN(Cc1cccc(Cl)c1)CC1CCCNC1. The lowest BCUT2D eigenvalue weighted by molar-refractivity contribution is 0.237. The van der Waals surface area contributed by atoms with Crippen molar-refractivity contribution >= 4 is 11.6 Å². The Morgan fingerprint density at radius 2 is 2.35 bits per heavy atom. The molecule has 1 aromatic carbocycles. The molecule has 17 heavy (non-hydrogen) atoms. The van der Waals surface area contributed by atoms with Crippen molar-refractivity contribution < 1.29 is 0 Å². The zero-order valence-corrected chi connectivity index (χ0v) is 11.2. The molecule has 1 fully saturated rings. The Morgan fingerprint density at radius 1 is 1.47 bits per heavy atom. The number of nitrogens with one attached hydrogen (secondary N) is 1. The van der Waals surface area contributed by atoms with E-state index in [1.807, 2.05) is 12.1 Å². The zero-order valence-electron chi connectivity index (χ0n) is 10.5. The number of halogens is 1. The lowest BCUT2D eigenvalue weighted by Crippen LogP contribution is -2.36. The summed E-state index contributed by atoms with van der Waals surface area (Å²) in [5, 5.41) is 4.29. The molecule has 1 saturated heterocycles. The van der Waals surface area contributed by atoms with Gasteiger partial charge in [-0.3, -0.25) is 0 Å². The molecule has 2 nitrogen and oxygen atoms in total. The van der Waals surface area contributed by atoms with Crippen molar-refractivity contribution in [1.82, 2.24) is 10.2 Å². The smallest absolute Gasteiger partial charge is 0.0409 e. The molecular formula is C14H21ClN2. The van der Waals surface area contributed by atoms with E-state index in [2.05, 4.69) is 29.4 Å². The van der Waals surface area contributed by atoms with Gasteiger partial charge >= 0.3 is 0 Å². The summed E-state index contributed by atoms with van der Waals surface area (Å²) in [6.07, 6.45) is 2.67. The van der Waals surface area contributed by atoms with E-state index in [4.69, 9.17) is 11.6 Å². The summed E-state index contributed by atoms with van der Waals surface area (Å²) in [7, 11) is 2.19. The average molecular weight is 253 g/mol. The van der Waals surface area contributed by atoms with Gasteiger partial charge in [-0.25, -0.2) is 0 Å². The normalized spacial score (nSPS) is 20.8. The summed E-state index contributed by atoms with van der Waals surface area (Å²) in [5.74, 6) is 0.799. The predicted octanol–water partition coefficient (Wildman–Crippen LogP) is 2.77. The molecule has 1 aliphatic rings. The molecule has 0 aliphatic carbocycles. The number of hydrogen-bond donors (Lipinski definition) is 1. The lowest BCUT2D eigenvalue weighted by Gasteiger charge is -2.27. The quantitative estimate of drug-likeness (QED) is 0.887. The van der Waals surface area contributed by atoms with Gasteiger partial charge in [0.05, 0.1) is 0 Å². The van der Waals surface area contributed by atoms with Crippen LogP contribution in [0.2, 0.25) is 5.02 Å². The largest absolute Gasteiger partial charge is 0.316 e. The molecule has 0 bridgehead atoms. The fourth-order valence-corrected chi connectivity index (χ4v) is 2.75. The molecular weight excluding hydrogens is 232 g/mol. The van der Waals surface area contributed by atoms with Crippen LogP contribution in [0.3, 0.4) is 0 Å². The van der Waals surface area contributed by atoms with E-state index < -0.39 is 0 Å². The van der Waals surface area contributed by atoms with Gasteiger partial charge in [0.25, 0.3) is 0 Å². The second kappa shape index (κ2) is 6.39. The molecule has 1 aliphatic heterocycles. The van der Waals surface area contributed by atoms with Crippen molar-refractivity contribution in [2.24, 2.45) is 5.92 Å². The summed E-state index contributed by atoms with van der Waals surface area (Å²) in [6, 6.07) is 8.14. The van der Waals surface area contributed by atoms with Gasteiger partial charge in [0, 0.05) is 18.1 Å². The van der Waals surface area contributed by atoms with Crippen LogP contribution in [0.4, 0.5) is 0 Å². The van der Waals surface area contributed by atoms with Crippen molar-refractivity contribution in [2.75, 3.05) is 26.7 Å². The number of piperidine rings is 1. The second-order valence-corrected chi connectivity index (χ2v) is 5.48. The minimum absolute atomic E-state index is 0.799. The Kier molecular flexibility index (Phi) is 4.84. The van der Waals surface area contributed by atoms with Crippen molar-refractivity contribution in [3.63, 3.8) is 0 Å². The van der Waals surface area contributed by atoms with Crippen LogP contribution < -0.4 is 5.32 Å². The van der Waals surface area contributed by atoms with Crippen molar-refractivity contribution in [3.8, 4) is 0 Å². The number of hydrogen-bond acceptors (Lipinski definition) is 2. The third kappa shape index (κ3) is 4.30. The third-order valence-corrected chi connectivity index (χ3v) is 3.55. The predicted molar refractivity (Wildman–Crippen MR) is 73.4 cm³/mol. The number of rotatable bonds is 4. The van der Waals surface area contributed by atoms with E-state index in [1.165, 1.54) is 38.0 Å². The Labute approximate surface area is 109 Å². The van der Waals surface area contributed by atoms with Gasteiger partial charge in [0.1, 0.15) is 0 Å². The summed E-state index contributed by atoms with van der Waals surface area (Å²) < 4.78 is 0. The first kappa shape index (κ1) is 12.9. The molecule has 0 spiro atoms. The molecule has 1 unspecified atom stereocenters. The molecule has 3 heteroatoms. The maximum Gasteiger partial charge on any atom is 0.0409 e. The van der Waals surface area contributed by atoms with E-state index in [-0.39, 0.29) is 0 Å². The Morgan fingerprint density at radius 3 is 3.06 bits per heavy atom. The standard InChI is InChI=1S/C14H21ClN2/c1-17(11-13-5-3-7-16-9-13)10-12-4-2-6-14(15)8-12/h2,4,6,8,13,16H,3,5,7,9-11H2,1H3. The highest BCUT2D eigenvalue weighted by Gasteiger charge is 2.14. The third-order valence-electron chi connectivity index (χ3n) is 3.31. The Balaban J connectivity index is 1.82. The topological polar surface area (TPSA) is 15.3 Å². The van der Waals surface area contributed by atoms with Crippen molar-refractivity contribution in [1.29, 1.82) is 0 Å².